The van der Waals surface area contributed by atoms with Gasteiger partial charge in [0, 0.05) is 6.54 Å². The lowest BCUT2D eigenvalue weighted by Gasteiger charge is -2.07. The topological polar surface area (TPSA) is 60.2 Å². The minimum absolute atomic E-state index is 0.0785. The molecular weight excluding hydrogens is 198 g/mol. The summed E-state index contributed by atoms with van der Waals surface area (Å²) in [5.41, 5.74) is 7.46. The predicted octanol–water partition coefficient (Wildman–Crippen LogP) is 1.04. The van der Waals surface area contributed by atoms with Crippen LogP contribution in [0.4, 0.5) is 0 Å². The first-order valence-electron chi connectivity index (χ1n) is 4.61. The largest absolute Gasteiger partial charge is 0.326 e. The average Bonchev–Trinajstić information content (AvgIpc) is 2.38. The Hall–Kier alpha value is -0.870. The van der Waals surface area contributed by atoms with Crippen LogP contribution in [-0.2, 0) is 16.4 Å². The fourth-order valence-electron chi connectivity index (χ4n) is 2.10. The zero-order valence-corrected chi connectivity index (χ0v) is 8.84. The molecule has 1 heterocycles. The van der Waals surface area contributed by atoms with E-state index in [1.165, 1.54) is 0 Å². The number of hydrogen-bond donors (Lipinski definition) is 1. The fourth-order valence-corrected chi connectivity index (χ4v) is 4.06. The third kappa shape index (κ3) is 1.26. The van der Waals surface area contributed by atoms with Crippen LogP contribution in [0.25, 0.3) is 0 Å². The lowest BCUT2D eigenvalue weighted by Crippen LogP contribution is -2.02. The van der Waals surface area contributed by atoms with Crippen molar-refractivity contribution < 1.29 is 8.42 Å². The molecule has 14 heavy (non-hydrogen) atoms. The molecule has 0 aliphatic carbocycles. The van der Waals surface area contributed by atoms with E-state index in [4.69, 9.17) is 5.73 Å². The van der Waals surface area contributed by atoms with Crippen LogP contribution in [0.3, 0.4) is 0 Å². The summed E-state index contributed by atoms with van der Waals surface area (Å²) in [7, 11) is -3.04. The molecule has 4 heteroatoms. The molecule has 76 valence electrons. The van der Waals surface area contributed by atoms with E-state index >= 15 is 0 Å². The highest BCUT2D eigenvalue weighted by Crippen LogP contribution is 2.36. The first-order chi connectivity index (χ1) is 6.56. The van der Waals surface area contributed by atoms with E-state index < -0.39 is 9.84 Å². The molecule has 1 atom stereocenters. The Morgan fingerprint density at radius 2 is 2.21 bits per heavy atom. The first kappa shape index (κ1) is 9.68. The van der Waals surface area contributed by atoms with E-state index in [0.29, 0.717) is 11.4 Å². The van der Waals surface area contributed by atoms with Gasteiger partial charge in [-0.05, 0) is 23.1 Å². The second kappa shape index (κ2) is 3.07. The molecular formula is C10H13NO2S. The zero-order valence-electron chi connectivity index (χ0n) is 8.03. The van der Waals surface area contributed by atoms with Crippen molar-refractivity contribution in [1.82, 2.24) is 0 Å². The maximum Gasteiger partial charge on any atom is 0.179 e. The molecule has 0 fully saturated rings. The van der Waals surface area contributed by atoms with Crippen LogP contribution in [0.15, 0.2) is 23.1 Å². The summed E-state index contributed by atoms with van der Waals surface area (Å²) in [6.07, 6.45) is 0. The van der Waals surface area contributed by atoms with Crippen molar-refractivity contribution in [2.75, 3.05) is 5.75 Å². The normalized spacial score (nSPS) is 23.4. The van der Waals surface area contributed by atoms with E-state index in [0.717, 1.165) is 11.1 Å². The SMILES string of the molecule is CC1CS(=O)(=O)c2cccc(CN)c21. The molecule has 2 rings (SSSR count). The second-order valence-electron chi connectivity index (χ2n) is 3.72. The van der Waals surface area contributed by atoms with E-state index in [2.05, 4.69) is 0 Å². The van der Waals surface area contributed by atoms with Gasteiger partial charge in [-0.3, -0.25) is 0 Å². The summed E-state index contributed by atoms with van der Waals surface area (Å²) < 4.78 is 23.4. The molecule has 1 aromatic carbocycles. The number of rotatable bonds is 1. The van der Waals surface area contributed by atoms with Gasteiger partial charge in [0.15, 0.2) is 9.84 Å². The Morgan fingerprint density at radius 3 is 2.86 bits per heavy atom. The minimum Gasteiger partial charge on any atom is -0.326 e. The van der Waals surface area contributed by atoms with Crippen LogP contribution < -0.4 is 5.73 Å². The quantitative estimate of drug-likeness (QED) is 0.755. The predicted molar refractivity (Wildman–Crippen MR) is 54.8 cm³/mol. The third-order valence-electron chi connectivity index (χ3n) is 2.67. The molecule has 0 aromatic heterocycles. The van der Waals surface area contributed by atoms with Crippen molar-refractivity contribution >= 4 is 9.84 Å². The van der Waals surface area contributed by atoms with Crippen molar-refractivity contribution in [2.45, 2.75) is 24.3 Å². The van der Waals surface area contributed by atoms with Crippen LogP contribution >= 0.6 is 0 Å². The Balaban J connectivity index is 2.74. The van der Waals surface area contributed by atoms with Crippen LogP contribution in [0.1, 0.15) is 24.0 Å². The van der Waals surface area contributed by atoms with Crippen molar-refractivity contribution in [1.29, 1.82) is 0 Å². The minimum atomic E-state index is -3.04. The molecule has 0 bridgehead atoms. The van der Waals surface area contributed by atoms with Gasteiger partial charge in [0.1, 0.15) is 0 Å². The summed E-state index contributed by atoms with van der Waals surface area (Å²) in [6, 6.07) is 5.33. The Labute approximate surface area is 83.9 Å². The van der Waals surface area contributed by atoms with Gasteiger partial charge in [-0.25, -0.2) is 8.42 Å². The van der Waals surface area contributed by atoms with Crippen molar-refractivity contribution in [2.24, 2.45) is 5.73 Å². The van der Waals surface area contributed by atoms with Gasteiger partial charge in [-0.15, -0.1) is 0 Å². The number of fused-ring (bicyclic) bond motifs is 1. The maximum absolute atomic E-state index is 11.7. The summed E-state index contributed by atoms with van der Waals surface area (Å²) in [4.78, 5) is 0.480. The van der Waals surface area contributed by atoms with E-state index in [-0.39, 0.29) is 11.7 Å². The molecule has 3 nitrogen and oxygen atoms in total. The van der Waals surface area contributed by atoms with Gasteiger partial charge < -0.3 is 5.73 Å². The summed E-state index contributed by atoms with van der Waals surface area (Å²) in [6.45, 7) is 2.34. The molecule has 1 aliphatic rings. The molecule has 2 N–H and O–H groups in total. The van der Waals surface area contributed by atoms with E-state index in [1.807, 2.05) is 13.0 Å². The number of hydrogen-bond acceptors (Lipinski definition) is 3. The highest BCUT2D eigenvalue weighted by Gasteiger charge is 2.33. The first-order valence-corrected chi connectivity index (χ1v) is 6.26. The summed E-state index contributed by atoms with van der Waals surface area (Å²) in [5, 5.41) is 0. The fraction of sp³-hybridized carbons (Fsp3) is 0.400. The lowest BCUT2D eigenvalue weighted by atomic mass is 9.97. The number of nitrogens with two attached hydrogens (primary N) is 1. The Bertz CT molecular complexity index is 465. The molecule has 1 aromatic rings. The monoisotopic (exact) mass is 211 g/mol. The summed E-state index contributed by atoms with van der Waals surface area (Å²) in [5.74, 6) is 0.300. The van der Waals surface area contributed by atoms with Crippen molar-refractivity contribution in [3.63, 3.8) is 0 Å². The molecule has 0 spiro atoms. The molecule has 1 unspecified atom stereocenters. The van der Waals surface area contributed by atoms with Gasteiger partial charge in [0.25, 0.3) is 0 Å². The third-order valence-corrected chi connectivity index (χ3v) is 4.64. The smallest absolute Gasteiger partial charge is 0.179 e. The number of sulfone groups is 1. The second-order valence-corrected chi connectivity index (χ2v) is 5.72. The highest BCUT2D eigenvalue weighted by molar-refractivity contribution is 7.91. The Kier molecular flexibility index (Phi) is 2.12. The van der Waals surface area contributed by atoms with Gasteiger partial charge >= 0.3 is 0 Å². The average molecular weight is 211 g/mol. The van der Waals surface area contributed by atoms with Gasteiger partial charge in [-0.2, -0.15) is 0 Å². The van der Waals surface area contributed by atoms with Crippen molar-refractivity contribution in [3.05, 3.63) is 29.3 Å². The Morgan fingerprint density at radius 1 is 1.50 bits per heavy atom. The van der Waals surface area contributed by atoms with Crippen LogP contribution in [-0.4, -0.2) is 14.2 Å². The van der Waals surface area contributed by atoms with E-state index in [1.54, 1.807) is 12.1 Å². The maximum atomic E-state index is 11.7. The highest BCUT2D eigenvalue weighted by atomic mass is 32.2. The number of benzene rings is 1. The van der Waals surface area contributed by atoms with Crippen LogP contribution in [0.5, 0.6) is 0 Å². The molecule has 0 radical (unpaired) electrons. The summed E-state index contributed by atoms with van der Waals surface area (Å²) >= 11 is 0. The molecule has 0 saturated heterocycles. The lowest BCUT2D eigenvalue weighted by molar-refractivity contribution is 0.598. The zero-order chi connectivity index (χ0) is 10.3. The van der Waals surface area contributed by atoms with E-state index in [9.17, 15) is 8.42 Å². The molecule has 0 saturated carbocycles. The van der Waals surface area contributed by atoms with Gasteiger partial charge in [-0.1, -0.05) is 19.1 Å². The molecule has 1 aliphatic heterocycles. The standard InChI is InChI=1S/C10H13NO2S/c1-7-6-14(12,13)9-4-2-3-8(5-11)10(7)9/h2-4,7H,5-6,11H2,1H3. The van der Waals surface area contributed by atoms with Crippen LogP contribution in [0, 0.1) is 0 Å². The van der Waals surface area contributed by atoms with Gasteiger partial charge in [0.2, 0.25) is 0 Å². The van der Waals surface area contributed by atoms with Crippen LogP contribution in [0.2, 0.25) is 0 Å². The molecule has 0 amide bonds. The van der Waals surface area contributed by atoms with Crippen molar-refractivity contribution in [3.8, 4) is 0 Å². The van der Waals surface area contributed by atoms with Gasteiger partial charge in [0.05, 0.1) is 10.6 Å².